The van der Waals surface area contributed by atoms with Gasteiger partial charge in [-0.05, 0) is 52.7 Å². The summed E-state index contributed by atoms with van der Waals surface area (Å²) in [6.45, 7) is 9.08. The lowest BCUT2D eigenvalue weighted by atomic mass is 9.79. The maximum atomic E-state index is 5.55. The van der Waals surface area contributed by atoms with E-state index in [1.54, 1.807) is 18.4 Å². The van der Waals surface area contributed by atoms with E-state index in [4.69, 9.17) is 4.74 Å². The second-order valence-electron chi connectivity index (χ2n) is 9.19. The average molecular weight is 412 g/mol. The van der Waals surface area contributed by atoms with Crippen LogP contribution in [0.2, 0.25) is 0 Å². The number of hydrogen-bond donors (Lipinski definition) is 1. The number of nitrogens with one attached hydrogen (secondary N) is 1. The van der Waals surface area contributed by atoms with E-state index in [1.165, 1.54) is 0 Å². The number of aromatic nitrogens is 3. The molecule has 154 valence electrons. The Morgan fingerprint density at radius 1 is 1.10 bits per heavy atom. The molecule has 0 aliphatic carbocycles. The lowest BCUT2D eigenvalue weighted by Gasteiger charge is -2.48. The molecule has 7 heteroatoms. The summed E-state index contributed by atoms with van der Waals surface area (Å²) in [7, 11) is 3.77. The molecular formula is C22H29N5OS. The first-order valence-corrected chi connectivity index (χ1v) is 10.8. The highest BCUT2D eigenvalue weighted by Gasteiger charge is 2.39. The monoisotopic (exact) mass is 411 g/mol. The molecule has 0 saturated carbocycles. The zero-order valence-corrected chi connectivity index (χ0v) is 18.8. The lowest BCUT2D eigenvalue weighted by Crippen LogP contribution is -2.61. The van der Waals surface area contributed by atoms with Crippen LogP contribution < -0.4 is 15.0 Å². The minimum Gasteiger partial charge on any atom is -0.480 e. The van der Waals surface area contributed by atoms with Gasteiger partial charge in [0.1, 0.15) is 0 Å². The largest absolute Gasteiger partial charge is 0.480 e. The number of ether oxygens (including phenoxy) is 1. The first kappa shape index (κ1) is 20.0. The van der Waals surface area contributed by atoms with Gasteiger partial charge < -0.3 is 15.0 Å². The summed E-state index contributed by atoms with van der Waals surface area (Å²) < 4.78 is 5.55. The van der Waals surface area contributed by atoms with Crippen LogP contribution >= 0.6 is 11.3 Å². The van der Waals surface area contributed by atoms with Crippen molar-refractivity contribution in [3.63, 3.8) is 0 Å². The van der Waals surface area contributed by atoms with Crippen molar-refractivity contribution in [1.29, 1.82) is 0 Å². The van der Waals surface area contributed by atoms with Gasteiger partial charge in [0.25, 0.3) is 0 Å². The number of para-hydroxylation sites is 1. The van der Waals surface area contributed by atoms with Crippen molar-refractivity contribution in [2.45, 2.75) is 57.7 Å². The summed E-state index contributed by atoms with van der Waals surface area (Å²) in [5.41, 5.74) is 1.96. The Morgan fingerprint density at radius 2 is 1.79 bits per heavy atom. The van der Waals surface area contributed by atoms with Crippen LogP contribution in [0.4, 0.5) is 5.13 Å². The van der Waals surface area contributed by atoms with Crippen molar-refractivity contribution in [1.82, 2.24) is 20.5 Å². The molecule has 0 radical (unpaired) electrons. The van der Waals surface area contributed by atoms with Gasteiger partial charge >= 0.3 is 0 Å². The normalized spacial score (nSPS) is 18.7. The molecule has 29 heavy (non-hydrogen) atoms. The third-order valence-electron chi connectivity index (χ3n) is 5.55. The molecule has 1 saturated heterocycles. The van der Waals surface area contributed by atoms with E-state index in [-0.39, 0.29) is 11.1 Å². The second kappa shape index (κ2) is 7.22. The molecule has 2 aromatic heterocycles. The van der Waals surface area contributed by atoms with Crippen LogP contribution in [0.15, 0.2) is 30.3 Å². The molecule has 0 spiro atoms. The van der Waals surface area contributed by atoms with Crippen LogP contribution in [0, 0.1) is 0 Å². The van der Waals surface area contributed by atoms with Crippen molar-refractivity contribution in [3.05, 3.63) is 30.3 Å². The first-order chi connectivity index (χ1) is 13.7. The summed E-state index contributed by atoms with van der Waals surface area (Å²) in [5.74, 6) is 0.582. The van der Waals surface area contributed by atoms with Crippen molar-refractivity contribution in [3.8, 4) is 16.5 Å². The fraction of sp³-hybridized carbons (Fsp3) is 0.500. The maximum absolute atomic E-state index is 5.55. The molecule has 0 bridgehead atoms. The zero-order valence-electron chi connectivity index (χ0n) is 18.0. The number of hydrogen-bond acceptors (Lipinski definition) is 7. The Bertz CT molecular complexity index is 1010. The van der Waals surface area contributed by atoms with Crippen molar-refractivity contribution < 1.29 is 4.74 Å². The van der Waals surface area contributed by atoms with Gasteiger partial charge in [-0.3, -0.25) is 0 Å². The van der Waals surface area contributed by atoms with Crippen molar-refractivity contribution in [2.24, 2.45) is 0 Å². The van der Waals surface area contributed by atoms with Gasteiger partial charge in [-0.1, -0.05) is 29.5 Å². The van der Waals surface area contributed by atoms with E-state index in [9.17, 15) is 0 Å². The molecule has 3 aromatic rings. The van der Waals surface area contributed by atoms with E-state index < -0.39 is 0 Å². The number of benzene rings is 1. The van der Waals surface area contributed by atoms with Gasteiger partial charge in [0.15, 0.2) is 5.01 Å². The molecule has 1 aliphatic heterocycles. The number of nitrogens with zero attached hydrogens (tertiary/aromatic N) is 4. The third kappa shape index (κ3) is 4.07. The van der Waals surface area contributed by atoms with Gasteiger partial charge in [0.2, 0.25) is 11.0 Å². The molecule has 1 aliphatic rings. The van der Waals surface area contributed by atoms with Crippen LogP contribution in [-0.2, 0) is 0 Å². The Balaban J connectivity index is 1.66. The Morgan fingerprint density at radius 3 is 2.48 bits per heavy atom. The highest BCUT2D eigenvalue weighted by Crippen LogP contribution is 2.38. The van der Waals surface area contributed by atoms with Crippen LogP contribution in [0.25, 0.3) is 21.5 Å². The molecule has 0 amide bonds. The molecule has 0 unspecified atom stereocenters. The summed E-state index contributed by atoms with van der Waals surface area (Å²) in [4.78, 5) is 6.93. The van der Waals surface area contributed by atoms with Crippen LogP contribution in [-0.4, -0.2) is 46.5 Å². The fourth-order valence-corrected chi connectivity index (χ4v) is 5.46. The predicted octanol–water partition coefficient (Wildman–Crippen LogP) is 4.51. The SMILES string of the molecule is COc1nc2ccccc2cc1-c1nnc(N(C)C2CC(C)(C)NC(C)(C)C2)s1. The third-order valence-corrected chi connectivity index (χ3v) is 6.59. The maximum Gasteiger partial charge on any atom is 0.224 e. The van der Waals surface area contributed by atoms with E-state index >= 15 is 0 Å². The number of piperidine rings is 1. The summed E-state index contributed by atoms with van der Waals surface area (Å²) in [6.07, 6.45) is 2.12. The Hall–Kier alpha value is -2.25. The number of pyridine rings is 1. The van der Waals surface area contributed by atoms with Gasteiger partial charge in [-0.15, -0.1) is 10.2 Å². The molecule has 1 aromatic carbocycles. The van der Waals surface area contributed by atoms with Gasteiger partial charge in [-0.2, -0.15) is 0 Å². The van der Waals surface area contributed by atoms with Gasteiger partial charge in [-0.25, -0.2) is 4.98 Å². The standard InChI is InChI=1S/C22H29N5OS/c1-21(2)12-15(13-22(3,4)26-21)27(5)20-25-24-19(29-20)16-11-14-9-7-8-10-17(14)23-18(16)28-6/h7-11,15,26H,12-13H2,1-6H3. The number of rotatable bonds is 4. The smallest absolute Gasteiger partial charge is 0.224 e. The topological polar surface area (TPSA) is 63.2 Å². The number of fused-ring (bicyclic) bond motifs is 1. The van der Waals surface area contributed by atoms with E-state index in [0.717, 1.165) is 39.4 Å². The van der Waals surface area contributed by atoms with Crippen LogP contribution in [0.1, 0.15) is 40.5 Å². The van der Waals surface area contributed by atoms with Crippen molar-refractivity contribution in [2.75, 3.05) is 19.1 Å². The summed E-state index contributed by atoms with van der Waals surface area (Å²) in [6, 6.07) is 10.5. The number of anilines is 1. The van der Waals surface area contributed by atoms with Gasteiger partial charge in [0.05, 0.1) is 18.2 Å². The van der Waals surface area contributed by atoms with Gasteiger partial charge in [0, 0.05) is 29.6 Å². The Labute approximate surface area is 176 Å². The number of methoxy groups -OCH3 is 1. The minimum atomic E-state index is 0.0830. The molecule has 1 fully saturated rings. The fourth-order valence-electron chi connectivity index (χ4n) is 4.57. The van der Waals surface area contributed by atoms with Crippen molar-refractivity contribution >= 4 is 27.4 Å². The highest BCUT2D eigenvalue weighted by atomic mass is 32.1. The highest BCUT2D eigenvalue weighted by molar-refractivity contribution is 7.18. The lowest BCUT2D eigenvalue weighted by molar-refractivity contribution is 0.161. The van der Waals surface area contributed by atoms with Crippen LogP contribution in [0.5, 0.6) is 5.88 Å². The molecule has 3 heterocycles. The van der Waals surface area contributed by atoms with Crippen LogP contribution in [0.3, 0.4) is 0 Å². The molecule has 6 nitrogen and oxygen atoms in total. The van der Waals surface area contributed by atoms with E-state index in [0.29, 0.717) is 11.9 Å². The molecule has 4 rings (SSSR count). The van der Waals surface area contributed by atoms with E-state index in [2.05, 4.69) is 72.3 Å². The predicted molar refractivity (Wildman–Crippen MR) is 120 cm³/mol. The summed E-state index contributed by atoms with van der Waals surface area (Å²) >= 11 is 1.59. The van der Waals surface area contributed by atoms with E-state index in [1.807, 2.05) is 18.2 Å². The average Bonchev–Trinajstić information content (AvgIpc) is 3.13. The zero-order chi connectivity index (χ0) is 20.8. The summed E-state index contributed by atoms with van der Waals surface area (Å²) in [5, 5.41) is 15.6. The Kier molecular flexibility index (Phi) is 4.99. The minimum absolute atomic E-state index is 0.0830. The molecular weight excluding hydrogens is 382 g/mol. The molecule has 1 N–H and O–H groups in total. The first-order valence-electron chi connectivity index (χ1n) is 9.97. The molecule has 0 atom stereocenters. The second-order valence-corrected chi connectivity index (χ2v) is 10.1. The quantitative estimate of drug-likeness (QED) is 0.682.